The van der Waals surface area contributed by atoms with Gasteiger partial charge in [-0.15, -0.1) is 0 Å². The van der Waals surface area contributed by atoms with Crippen LogP contribution >= 0.6 is 0 Å². The number of hydrogen-bond acceptors (Lipinski definition) is 9. The lowest BCUT2D eigenvalue weighted by Gasteiger charge is -2.32. The first-order chi connectivity index (χ1) is 18.7. The van der Waals surface area contributed by atoms with Crippen molar-refractivity contribution in [1.29, 1.82) is 0 Å². The Morgan fingerprint density at radius 1 is 1.18 bits per heavy atom. The van der Waals surface area contributed by atoms with Gasteiger partial charge < -0.3 is 24.3 Å². The molecule has 0 amide bonds. The van der Waals surface area contributed by atoms with Crippen LogP contribution in [0.25, 0.3) is 11.0 Å². The smallest absolute Gasteiger partial charge is 0.333 e. The molecular weight excluding hydrogens is 524 g/mol. The molecule has 3 aromatic rings. The van der Waals surface area contributed by atoms with Gasteiger partial charge in [-0.25, -0.2) is 15.1 Å². The lowest BCUT2D eigenvalue weighted by molar-refractivity contribution is -0.137. The molecule has 0 atom stereocenters. The van der Waals surface area contributed by atoms with E-state index in [1.54, 1.807) is 6.20 Å². The summed E-state index contributed by atoms with van der Waals surface area (Å²) in [5, 5.41) is 17.2. The fourth-order valence-corrected chi connectivity index (χ4v) is 5.64. The summed E-state index contributed by atoms with van der Waals surface area (Å²) in [4.78, 5) is 22.0. The molecule has 0 unspecified atom stereocenters. The van der Waals surface area contributed by atoms with Crippen molar-refractivity contribution in [1.82, 2.24) is 19.4 Å². The quantitative estimate of drug-likeness (QED) is 0.352. The summed E-state index contributed by atoms with van der Waals surface area (Å²) in [5.41, 5.74) is 2.00. The Hall–Kier alpha value is -3.00. The van der Waals surface area contributed by atoms with Gasteiger partial charge in [-0.1, -0.05) is 31.4 Å². The minimum Gasteiger partial charge on any atom is -0.481 e. The molecule has 1 aliphatic carbocycles. The molecule has 39 heavy (non-hydrogen) atoms. The number of carbonyl (C=O) groups is 1. The molecule has 2 aliphatic rings. The first kappa shape index (κ1) is 29.0. The number of fused-ring (bicyclic) bond motifs is 1. The number of aliphatic carboxylic acids is 1. The van der Waals surface area contributed by atoms with E-state index in [1.165, 1.54) is 6.42 Å². The summed E-state index contributed by atoms with van der Waals surface area (Å²) in [6.07, 6.45) is 8.60. The van der Waals surface area contributed by atoms with Gasteiger partial charge in [0, 0.05) is 32.6 Å². The van der Waals surface area contributed by atoms with E-state index in [4.69, 9.17) is 19.6 Å². The number of imidazole rings is 1. The molecule has 13 heteroatoms. The van der Waals surface area contributed by atoms with E-state index < -0.39 is 16.3 Å². The third-order valence-electron chi connectivity index (χ3n) is 7.02. The van der Waals surface area contributed by atoms with Crippen LogP contribution in [0.4, 0.5) is 5.95 Å². The molecule has 1 aliphatic heterocycles. The van der Waals surface area contributed by atoms with Gasteiger partial charge >= 0.3 is 16.3 Å². The Labute approximate surface area is 228 Å². The Morgan fingerprint density at radius 2 is 1.90 bits per heavy atom. The van der Waals surface area contributed by atoms with Crippen LogP contribution in [0.2, 0.25) is 0 Å². The van der Waals surface area contributed by atoms with Crippen LogP contribution < -0.4 is 10.5 Å². The summed E-state index contributed by atoms with van der Waals surface area (Å²) in [7, 11) is -3.72. The largest absolute Gasteiger partial charge is 0.481 e. The van der Waals surface area contributed by atoms with E-state index in [2.05, 4.69) is 30.0 Å². The van der Waals surface area contributed by atoms with Crippen molar-refractivity contribution in [2.24, 2.45) is 5.14 Å². The number of para-hydroxylation sites is 2. The van der Waals surface area contributed by atoms with Crippen molar-refractivity contribution in [3.8, 4) is 0 Å². The zero-order chi connectivity index (χ0) is 27.8. The van der Waals surface area contributed by atoms with Gasteiger partial charge in [0.15, 0.2) is 5.89 Å². The summed E-state index contributed by atoms with van der Waals surface area (Å²) in [5.74, 6) is 1.55. The van der Waals surface area contributed by atoms with Gasteiger partial charge in [0.25, 0.3) is 0 Å². The van der Waals surface area contributed by atoms with E-state index in [-0.39, 0.29) is 12.5 Å². The molecular formula is C26H38N6O6S. The van der Waals surface area contributed by atoms with Gasteiger partial charge in [0.2, 0.25) is 5.95 Å². The third kappa shape index (κ3) is 9.02. The van der Waals surface area contributed by atoms with Crippen molar-refractivity contribution in [3.05, 3.63) is 42.1 Å². The number of likely N-dealkylation sites (tertiary alicyclic amines) is 1. The SMILES string of the molecule is Cc1ncc(Cn2c(NC3CCN(CCC(=O)O)CC3)nc3ccccc32)o1.NS(=O)(=O)OC1CCCCC1. The standard InChI is InChI=1S/C20H25N5O3.C6H13NO3S/c1-14-21-12-16(28-14)13-25-18-5-3-2-4-17(18)23-20(25)22-15-6-9-24(10-7-15)11-8-19(26)27;7-11(8,9)10-6-4-2-1-3-5-6/h2-5,12,15H,6-11,13H2,1H3,(H,22,23)(H,26,27);6H,1-5H2,(H2,7,8,9). The summed E-state index contributed by atoms with van der Waals surface area (Å²) < 4.78 is 33.3. The molecule has 4 N–H and O–H groups in total. The Kier molecular flexibility index (Phi) is 9.94. The highest BCUT2D eigenvalue weighted by molar-refractivity contribution is 7.84. The summed E-state index contributed by atoms with van der Waals surface area (Å²) >= 11 is 0. The lowest BCUT2D eigenvalue weighted by atomic mass is 9.98. The van der Waals surface area contributed by atoms with Crippen LogP contribution in [-0.2, 0) is 25.8 Å². The van der Waals surface area contributed by atoms with Crippen molar-refractivity contribution in [2.45, 2.75) is 77.0 Å². The molecule has 0 radical (unpaired) electrons. The second kappa shape index (κ2) is 13.4. The Morgan fingerprint density at radius 3 is 2.54 bits per heavy atom. The maximum Gasteiger partial charge on any atom is 0.333 e. The van der Waals surface area contributed by atoms with Crippen LogP contribution in [0, 0.1) is 6.92 Å². The maximum atomic E-state index is 10.8. The minimum absolute atomic E-state index is 0.168. The normalized spacial score (nSPS) is 17.6. The Bertz CT molecular complexity index is 1330. The second-order valence-corrected chi connectivity index (χ2v) is 11.3. The topological polar surface area (TPSA) is 166 Å². The molecule has 12 nitrogen and oxygen atoms in total. The summed E-state index contributed by atoms with van der Waals surface area (Å²) in [6.45, 7) is 4.82. The number of piperidine rings is 1. The van der Waals surface area contributed by atoms with Crippen molar-refractivity contribution >= 4 is 33.3 Å². The summed E-state index contributed by atoms with van der Waals surface area (Å²) in [6, 6.07) is 8.38. The molecule has 0 bridgehead atoms. The molecule has 214 valence electrons. The highest BCUT2D eigenvalue weighted by atomic mass is 32.2. The maximum absolute atomic E-state index is 10.8. The van der Waals surface area contributed by atoms with Gasteiger partial charge in [-0.05, 0) is 37.8 Å². The van der Waals surface area contributed by atoms with Crippen molar-refractivity contribution in [2.75, 3.05) is 25.0 Å². The molecule has 2 aromatic heterocycles. The predicted octanol–water partition coefficient (Wildman–Crippen LogP) is 3.27. The minimum atomic E-state index is -3.72. The number of aromatic nitrogens is 3. The van der Waals surface area contributed by atoms with E-state index in [9.17, 15) is 13.2 Å². The Balaban J connectivity index is 0.000000270. The van der Waals surface area contributed by atoms with Crippen LogP contribution in [0.5, 0.6) is 0 Å². The van der Waals surface area contributed by atoms with Crippen LogP contribution in [0.1, 0.15) is 63.0 Å². The average Bonchev–Trinajstić information content (AvgIpc) is 3.46. The van der Waals surface area contributed by atoms with Gasteiger partial charge in [-0.2, -0.15) is 8.42 Å². The lowest BCUT2D eigenvalue weighted by Crippen LogP contribution is -2.40. The highest BCUT2D eigenvalue weighted by Crippen LogP contribution is 2.24. The zero-order valence-corrected chi connectivity index (χ0v) is 23.1. The van der Waals surface area contributed by atoms with E-state index >= 15 is 0 Å². The average molecular weight is 563 g/mol. The number of hydrogen-bond donors (Lipinski definition) is 3. The molecule has 1 saturated heterocycles. The number of nitrogens with zero attached hydrogens (tertiary/aromatic N) is 4. The fraction of sp³-hybridized carbons (Fsp3) is 0.577. The molecule has 3 heterocycles. The van der Waals surface area contributed by atoms with E-state index in [0.29, 0.717) is 25.0 Å². The molecule has 5 rings (SSSR count). The fourth-order valence-electron chi connectivity index (χ4n) is 5.07. The number of nitrogens with two attached hydrogens (primary N) is 1. The molecule has 1 aromatic carbocycles. The molecule has 0 spiro atoms. The first-order valence-corrected chi connectivity index (χ1v) is 14.9. The number of nitrogens with one attached hydrogen (secondary N) is 1. The van der Waals surface area contributed by atoms with E-state index in [1.807, 2.05) is 25.1 Å². The number of benzene rings is 1. The number of carboxylic acids is 1. The van der Waals surface area contributed by atoms with Gasteiger partial charge in [0.1, 0.15) is 5.76 Å². The number of aryl methyl sites for hydroxylation is 1. The zero-order valence-electron chi connectivity index (χ0n) is 22.3. The van der Waals surface area contributed by atoms with E-state index in [0.717, 1.165) is 74.4 Å². The van der Waals surface area contributed by atoms with Crippen LogP contribution in [-0.4, -0.2) is 70.7 Å². The number of carboxylic acid groups (broad SMARTS) is 1. The number of oxazole rings is 1. The van der Waals surface area contributed by atoms with Gasteiger partial charge in [-0.3, -0.25) is 8.98 Å². The molecule has 1 saturated carbocycles. The van der Waals surface area contributed by atoms with Crippen LogP contribution in [0.15, 0.2) is 34.9 Å². The predicted molar refractivity (Wildman–Crippen MR) is 146 cm³/mol. The monoisotopic (exact) mass is 562 g/mol. The third-order valence-corrected chi connectivity index (χ3v) is 7.56. The number of anilines is 1. The second-order valence-electron chi connectivity index (χ2n) is 10.1. The first-order valence-electron chi connectivity index (χ1n) is 13.4. The molecule has 2 fully saturated rings. The van der Waals surface area contributed by atoms with Crippen LogP contribution in [0.3, 0.4) is 0 Å². The van der Waals surface area contributed by atoms with Crippen molar-refractivity contribution in [3.63, 3.8) is 0 Å². The van der Waals surface area contributed by atoms with Gasteiger partial charge in [0.05, 0.1) is 36.3 Å². The number of rotatable bonds is 9. The highest BCUT2D eigenvalue weighted by Gasteiger charge is 2.22. The van der Waals surface area contributed by atoms with Crippen molar-refractivity contribution < 1.29 is 26.9 Å².